The summed E-state index contributed by atoms with van der Waals surface area (Å²) in [4.78, 5) is 17.3. The minimum atomic E-state index is 0.402. The van der Waals surface area contributed by atoms with Gasteiger partial charge in [0.2, 0.25) is 5.65 Å². The summed E-state index contributed by atoms with van der Waals surface area (Å²) in [5, 5.41) is 11.7. The third kappa shape index (κ3) is 2.77. The van der Waals surface area contributed by atoms with Crippen LogP contribution >= 0.6 is 0 Å². The maximum absolute atomic E-state index is 5.27. The fraction of sp³-hybridized carbons (Fsp3) is 0.211. The predicted octanol–water partition coefficient (Wildman–Crippen LogP) is 3.85. The number of aromatic nitrogens is 5. The Bertz CT molecular complexity index is 1200. The smallest absolute Gasteiger partial charge is 0.226 e. The Morgan fingerprint density at radius 1 is 0.964 bits per heavy atom. The van der Waals surface area contributed by atoms with Gasteiger partial charge in [0.25, 0.3) is 0 Å². The summed E-state index contributed by atoms with van der Waals surface area (Å²) in [5.74, 6) is 1.22. The van der Waals surface area contributed by atoms with Crippen molar-refractivity contribution in [1.82, 2.24) is 25.4 Å². The average molecular weight is 375 g/mol. The molecule has 0 saturated carbocycles. The fourth-order valence-electron chi connectivity index (χ4n) is 3.28. The monoisotopic (exact) mass is 375 g/mol. The second-order valence-electron chi connectivity index (χ2n) is 6.33. The van der Waals surface area contributed by atoms with Crippen LogP contribution in [-0.2, 0) is 6.42 Å². The molecule has 140 valence electrons. The van der Waals surface area contributed by atoms with Crippen molar-refractivity contribution in [3.8, 4) is 11.1 Å². The maximum atomic E-state index is 5.27. The first-order valence-corrected chi connectivity index (χ1v) is 8.51. The molecule has 0 atom stereocenters. The van der Waals surface area contributed by atoms with E-state index < -0.39 is 0 Å². The molecule has 0 aliphatic rings. The van der Waals surface area contributed by atoms with Crippen molar-refractivity contribution in [2.24, 2.45) is 9.98 Å². The Morgan fingerprint density at radius 2 is 1.79 bits per heavy atom. The number of rotatable bonds is 5. The molecule has 9 heteroatoms. The van der Waals surface area contributed by atoms with E-state index in [0.29, 0.717) is 34.9 Å². The second-order valence-corrected chi connectivity index (χ2v) is 6.33. The zero-order chi connectivity index (χ0) is 19.8. The average Bonchev–Trinajstić information content (AvgIpc) is 3.28. The molecule has 9 nitrogen and oxygen atoms in total. The summed E-state index contributed by atoms with van der Waals surface area (Å²) >= 11 is 0. The Hall–Kier alpha value is -3.75. The van der Waals surface area contributed by atoms with Gasteiger partial charge in [0.1, 0.15) is 11.4 Å². The summed E-state index contributed by atoms with van der Waals surface area (Å²) < 4.78 is 10.0. The standard InChI is InChI=1S/C19H17N7O2/c1-9-14(16(20-4)17-19(22-9)26-28-25-17)8-12-6-7-13(18(21-5)23-12)15-10(2)24-27-11(15)3/h6-7H,4-5,8H2,1-3H3. The number of pyridine rings is 2. The molecule has 0 unspecified atom stereocenters. The van der Waals surface area contributed by atoms with Crippen molar-refractivity contribution in [2.75, 3.05) is 0 Å². The van der Waals surface area contributed by atoms with Gasteiger partial charge in [0.15, 0.2) is 11.3 Å². The molecule has 0 bridgehead atoms. The summed E-state index contributed by atoms with van der Waals surface area (Å²) in [7, 11) is 0. The van der Waals surface area contributed by atoms with Crippen molar-refractivity contribution in [1.29, 1.82) is 0 Å². The molecule has 0 fully saturated rings. The molecule has 0 aliphatic carbocycles. The van der Waals surface area contributed by atoms with Gasteiger partial charge in [0.05, 0.1) is 11.3 Å². The lowest BCUT2D eigenvalue weighted by Crippen LogP contribution is -1.99. The molecule has 0 N–H and O–H groups in total. The van der Waals surface area contributed by atoms with Crippen LogP contribution in [0.3, 0.4) is 0 Å². The van der Waals surface area contributed by atoms with Crippen LogP contribution in [-0.4, -0.2) is 38.9 Å². The minimum absolute atomic E-state index is 0.402. The highest BCUT2D eigenvalue weighted by atomic mass is 16.6. The molecule has 4 heterocycles. The van der Waals surface area contributed by atoms with Crippen LogP contribution in [0.5, 0.6) is 0 Å². The second kappa shape index (κ2) is 6.76. The predicted molar refractivity (Wildman–Crippen MR) is 105 cm³/mol. The summed E-state index contributed by atoms with van der Waals surface area (Å²) in [5.41, 5.74) is 6.34. The van der Waals surface area contributed by atoms with Crippen molar-refractivity contribution in [3.05, 3.63) is 40.5 Å². The summed E-state index contributed by atoms with van der Waals surface area (Å²) in [6.07, 6.45) is 0.473. The Balaban J connectivity index is 1.80. The highest BCUT2D eigenvalue weighted by Crippen LogP contribution is 2.35. The quantitative estimate of drug-likeness (QED) is 0.486. The van der Waals surface area contributed by atoms with Crippen LogP contribution in [0.1, 0.15) is 28.4 Å². The largest absolute Gasteiger partial charge is 0.361 e. The van der Waals surface area contributed by atoms with E-state index in [9.17, 15) is 0 Å². The van der Waals surface area contributed by atoms with Gasteiger partial charge in [-0.1, -0.05) is 5.16 Å². The Kier molecular flexibility index (Phi) is 4.26. The molecule has 0 aromatic carbocycles. The van der Waals surface area contributed by atoms with Crippen molar-refractivity contribution >= 4 is 36.1 Å². The van der Waals surface area contributed by atoms with Gasteiger partial charge in [-0.3, -0.25) is 4.99 Å². The van der Waals surface area contributed by atoms with Crippen molar-refractivity contribution in [2.45, 2.75) is 27.2 Å². The number of hydrogen-bond acceptors (Lipinski definition) is 9. The van der Waals surface area contributed by atoms with E-state index in [-0.39, 0.29) is 0 Å². The van der Waals surface area contributed by atoms with Gasteiger partial charge in [-0.05, 0) is 56.7 Å². The molecule has 0 spiro atoms. The van der Waals surface area contributed by atoms with Gasteiger partial charge in [-0.2, -0.15) is 0 Å². The van der Waals surface area contributed by atoms with Crippen LogP contribution in [0.25, 0.3) is 22.3 Å². The topological polar surface area (TPSA) is 115 Å². The van der Waals surface area contributed by atoms with Crippen LogP contribution in [0.2, 0.25) is 0 Å². The van der Waals surface area contributed by atoms with Gasteiger partial charge in [0, 0.05) is 28.9 Å². The van der Waals surface area contributed by atoms with Gasteiger partial charge in [-0.25, -0.2) is 19.6 Å². The first-order valence-electron chi connectivity index (χ1n) is 8.51. The molecular weight excluding hydrogens is 358 g/mol. The highest BCUT2D eigenvalue weighted by molar-refractivity contribution is 5.86. The number of nitrogens with zero attached hydrogens (tertiary/aromatic N) is 7. The first-order chi connectivity index (χ1) is 13.5. The maximum Gasteiger partial charge on any atom is 0.226 e. The van der Waals surface area contributed by atoms with Crippen LogP contribution in [0, 0.1) is 20.8 Å². The molecule has 0 amide bonds. The number of aryl methyl sites for hydroxylation is 3. The van der Waals surface area contributed by atoms with Crippen molar-refractivity contribution < 1.29 is 9.15 Å². The SMILES string of the molecule is C=Nc1nc(Cc2c(C)nc3nonc3c2N=C)ccc1-c1c(C)noc1C. The molecule has 28 heavy (non-hydrogen) atoms. The number of fused-ring (bicyclic) bond motifs is 1. The third-order valence-electron chi connectivity index (χ3n) is 4.59. The van der Waals surface area contributed by atoms with Crippen LogP contribution in [0.15, 0.2) is 31.3 Å². The summed E-state index contributed by atoms with van der Waals surface area (Å²) in [6.45, 7) is 12.9. The number of aliphatic imine (C=N–C) groups is 2. The van der Waals surface area contributed by atoms with E-state index in [4.69, 9.17) is 9.15 Å². The van der Waals surface area contributed by atoms with Crippen LogP contribution < -0.4 is 0 Å². The molecular formula is C19H17N7O2. The Labute approximate surface area is 160 Å². The van der Waals surface area contributed by atoms with Gasteiger partial charge in [-0.15, -0.1) is 0 Å². The lowest BCUT2D eigenvalue weighted by Gasteiger charge is -2.10. The highest BCUT2D eigenvalue weighted by Gasteiger charge is 2.19. The Morgan fingerprint density at radius 3 is 2.46 bits per heavy atom. The van der Waals surface area contributed by atoms with Gasteiger partial charge >= 0.3 is 0 Å². The van der Waals surface area contributed by atoms with Crippen molar-refractivity contribution in [3.63, 3.8) is 0 Å². The molecule has 4 aromatic heterocycles. The summed E-state index contributed by atoms with van der Waals surface area (Å²) in [6, 6.07) is 3.87. The lowest BCUT2D eigenvalue weighted by molar-refractivity contribution is 0.315. The molecule has 4 aromatic rings. The molecule has 4 rings (SSSR count). The third-order valence-corrected chi connectivity index (χ3v) is 4.59. The lowest BCUT2D eigenvalue weighted by atomic mass is 10.0. The molecule has 0 radical (unpaired) electrons. The van der Waals surface area contributed by atoms with E-state index in [1.165, 1.54) is 0 Å². The van der Waals surface area contributed by atoms with E-state index in [2.05, 4.69) is 48.9 Å². The number of hydrogen-bond donors (Lipinski definition) is 0. The molecule has 0 aliphatic heterocycles. The zero-order valence-electron chi connectivity index (χ0n) is 15.7. The normalized spacial score (nSPS) is 11.1. The van der Waals surface area contributed by atoms with E-state index in [1.807, 2.05) is 32.9 Å². The van der Waals surface area contributed by atoms with Crippen LogP contribution in [0.4, 0.5) is 11.5 Å². The van der Waals surface area contributed by atoms with E-state index >= 15 is 0 Å². The van der Waals surface area contributed by atoms with E-state index in [1.54, 1.807) is 0 Å². The zero-order valence-corrected chi connectivity index (χ0v) is 15.7. The minimum Gasteiger partial charge on any atom is -0.361 e. The van der Waals surface area contributed by atoms with E-state index in [0.717, 1.165) is 33.8 Å². The first kappa shape index (κ1) is 17.7. The van der Waals surface area contributed by atoms with Gasteiger partial charge < -0.3 is 4.52 Å². The fourth-order valence-corrected chi connectivity index (χ4v) is 3.28. The molecule has 0 saturated heterocycles.